The summed E-state index contributed by atoms with van der Waals surface area (Å²) in [5.74, 6) is 0. The van der Waals surface area contributed by atoms with Crippen molar-refractivity contribution < 1.29 is 0 Å². The predicted octanol–water partition coefficient (Wildman–Crippen LogP) is 5.16. The van der Waals surface area contributed by atoms with Crippen molar-refractivity contribution >= 4 is 38.5 Å². The van der Waals surface area contributed by atoms with E-state index in [4.69, 9.17) is 0 Å². The number of halogens is 2. The lowest BCUT2D eigenvalue weighted by molar-refractivity contribution is 0.797. The van der Waals surface area contributed by atoms with Crippen LogP contribution in [0.2, 0.25) is 0 Å². The van der Waals surface area contributed by atoms with Gasteiger partial charge in [0.1, 0.15) is 0 Å². The molecule has 0 bridgehead atoms. The van der Waals surface area contributed by atoms with Gasteiger partial charge in [0.05, 0.1) is 0 Å². The molecule has 1 aromatic rings. The van der Waals surface area contributed by atoms with Crippen LogP contribution >= 0.6 is 38.5 Å². The molecule has 90 valence electrons. The number of aryl methyl sites for hydroxylation is 2. The van der Waals surface area contributed by atoms with Crippen LogP contribution in [0.3, 0.4) is 0 Å². The zero-order chi connectivity index (χ0) is 11.6. The Morgan fingerprint density at radius 1 is 0.812 bits per heavy atom. The Labute approximate surface area is 121 Å². The number of rotatable bonds is 8. The molecule has 2 heteroatoms. The minimum absolute atomic E-state index is 1.13. The predicted molar refractivity (Wildman–Crippen MR) is 85.0 cm³/mol. The van der Waals surface area contributed by atoms with Gasteiger partial charge in [0.15, 0.2) is 0 Å². The smallest absolute Gasteiger partial charge is 0.00314 e. The van der Waals surface area contributed by atoms with Crippen molar-refractivity contribution in [1.29, 1.82) is 0 Å². The summed E-state index contributed by atoms with van der Waals surface area (Å²) in [4.78, 5) is 0. The Kier molecular flexibility index (Phi) is 8.57. The van der Waals surface area contributed by atoms with Crippen molar-refractivity contribution in [3.8, 4) is 0 Å². The van der Waals surface area contributed by atoms with Gasteiger partial charge in [-0.1, -0.05) is 62.8 Å². The molecule has 0 saturated heterocycles. The minimum Gasteiger partial charge on any atom is -0.0928 e. The van der Waals surface area contributed by atoms with Gasteiger partial charge in [0.25, 0.3) is 0 Å². The van der Waals surface area contributed by atoms with Gasteiger partial charge in [0.2, 0.25) is 0 Å². The van der Waals surface area contributed by atoms with Crippen molar-refractivity contribution in [2.24, 2.45) is 0 Å². The van der Waals surface area contributed by atoms with E-state index in [1.165, 1.54) is 54.1 Å². The average molecular weight is 395 g/mol. The van der Waals surface area contributed by atoms with Crippen molar-refractivity contribution in [2.75, 3.05) is 9.76 Å². The molecule has 0 aliphatic heterocycles. The van der Waals surface area contributed by atoms with Crippen LogP contribution in [-0.2, 0) is 12.8 Å². The van der Waals surface area contributed by atoms with E-state index in [0.29, 0.717) is 0 Å². The standard InChI is InChI=1S/C14H20BrI/c15-11-3-1-5-13-7-9-14(10-8-13)6-2-4-12-16/h7-10H,1-6,11-12H2. The quantitative estimate of drug-likeness (QED) is 0.324. The fraction of sp³-hybridized carbons (Fsp3) is 0.571. The summed E-state index contributed by atoms with van der Waals surface area (Å²) in [6.07, 6.45) is 7.70. The first-order valence-corrected chi connectivity index (χ1v) is 8.71. The molecule has 0 fully saturated rings. The summed E-state index contributed by atoms with van der Waals surface area (Å²) in [5, 5.41) is 1.13. The maximum Gasteiger partial charge on any atom is 0.00314 e. The molecule has 16 heavy (non-hydrogen) atoms. The molecule has 0 spiro atoms. The van der Waals surface area contributed by atoms with E-state index < -0.39 is 0 Å². The highest BCUT2D eigenvalue weighted by molar-refractivity contribution is 14.1. The second-order valence-corrected chi connectivity index (χ2v) is 5.98. The zero-order valence-corrected chi connectivity index (χ0v) is 13.5. The molecule has 0 nitrogen and oxygen atoms in total. The molecule has 0 aliphatic rings. The van der Waals surface area contributed by atoms with Gasteiger partial charge in [-0.05, 0) is 54.1 Å². The largest absolute Gasteiger partial charge is 0.0928 e. The Morgan fingerprint density at radius 3 is 1.75 bits per heavy atom. The average Bonchev–Trinajstić information content (AvgIpc) is 2.32. The van der Waals surface area contributed by atoms with Crippen molar-refractivity contribution in [3.05, 3.63) is 35.4 Å². The highest BCUT2D eigenvalue weighted by Gasteiger charge is 1.95. The lowest BCUT2D eigenvalue weighted by Gasteiger charge is -2.03. The topological polar surface area (TPSA) is 0 Å². The third kappa shape index (κ3) is 6.24. The van der Waals surface area contributed by atoms with Gasteiger partial charge in [-0.3, -0.25) is 0 Å². The van der Waals surface area contributed by atoms with Crippen molar-refractivity contribution in [3.63, 3.8) is 0 Å². The summed E-state index contributed by atoms with van der Waals surface area (Å²) < 4.78 is 1.28. The minimum atomic E-state index is 1.13. The first-order valence-electron chi connectivity index (χ1n) is 6.06. The molecule has 0 amide bonds. The maximum absolute atomic E-state index is 3.47. The van der Waals surface area contributed by atoms with E-state index in [1.54, 1.807) is 0 Å². The van der Waals surface area contributed by atoms with Gasteiger partial charge in [-0.2, -0.15) is 0 Å². The number of benzene rings is 1. The van der Waals surface area contributed by atoms with Crippen LogP contribution in [0, 0.1) is 0 Å². The van der Waals surface area contributed by atoms with E-state index in [0.717, 1.165) is 5.33 Å². The Hall–Kier alpha value is 0.430. The molecule has 0 atom stereocenters. The summed E-state index contributed by atoms with van der Waals surface area (Å²) in [7, 11) is 0. The van der Waals surface area contributed by atoms with E-state index in [9.17, 15) is 0 Å². The molecular formula is C14H20BrI. The molecule has 0 saturated carbocycles. The molecule has 0 N–H and O–H groups in total. The monoisotopic (exact) mass is 394 g/mol. The highest BCUT2D eigenvalue weighted by atomic mass is 127. The first kappa shape index (κ1) is 14.5. The highest BCUT2D eigenvalue weighted by Crippen LogP contribution is 2.11. The van der Waals surface area contributed by atoms with Crippen LogP contribution in [0.25, 0.3) is 0 Å². The fourth-order valence-corrected chi connectivity index (χ4v) is 2.66. The molecule has 0 aliphatic carbocycles. The third-order valence-corrected chi connectivity index (χ3v) is 4.04. The Morgan fingerprint density at radius 2 is 1.31 bits per heavy atom. The molecule has 0 aromatic heterocycles. The fourth-order valence-electron chi connectivity index (χ4n) is 1.72. The molecule has 1 aromatic carbocycles. The van der Waals surface area contributed by atoms with Crippen LogP contribution in [0.4, 0.5) is 0 Å². The van der Waals surface area contributed by atoms with E-state index >= 15 is 0 Å². The van der Waals surface area contributed by atoms with Crippen LogP contribution in [0.15, 0.2) is 24.3 Å². The SMILES string of the molecule is BrCCCCc1ccc(CCCCI)cc1. The van der Waals surface area contributed by atoms with Gasteiger partial charge in [-0.15, -0.1) is 0 Å². The van der Waals surface area contributed by atoms with Crippen LogP contribution < -0.4 is 0 Å². The summed E-state index contributed by atoms with van der Waals surface area (Å²) in [5.41, 5.74) is 2.98. The molecule has 1 rings (SSSR count). The van der Waals surface area contributed by atoms with Crippen molar-refractivity contribution in [2.45, 2.75) is 38.5 Å². The lowest BCUT2D eigenvalue weighted by atomic mass is 10.0. The van der Waals surface area contributed by atoms with E-state index in [-0.39, 0.29) is 0 Å². The van der Waals surface area contributed by atoms with Gasteiger partial charge < -0.3 is 0 Å². The van der Waals surface area contributed by atoms with Crippen LogP contribution in [0.1, 0.15) is 36.8 Å². The lowest BCUT2D eigenvalue weighted by Crippen LogP contribution is -1.89. The number of unbranched alkanes of at least 4 members (excludes halogenated alkanes) is 2. The molecule has 0 heterocycles. The summed E-state index contributed by atoms with van der Waals surface area (Å²) in [6, 6.07) is 9.20. The third-order valence-electron chi connectivity index (χ3n) is 2.72. The van der Waals surface area contributed by atoms with Crippen LogP contribution in [-0.4, -0.2) is 9.76 Å². The second kappa shape index (κ2) is 9.46. The number of hydrogen-bond acceptors (Lipinski definition) is 0. The van der Waals surface area contributed by atoms with Gasteiger partial charge in [-0.25, -0.2) is 0 Å². The van der Waals surface area contributed by atoms with E-state index in [1.807, 2.05) is 0 Å². The van der Waals surface area contributed by atoms with E-state index in [2.05, 4.69) is 62.8 Å². The molecular weight excluding hydrogens is 375 g/mol. The Balaban J connectivity index is 2.30. The zero-order valence-electron chi connectivity index (χ0n) is 9.72. The van der Waals surface area contributed by atoms with Crippen LogP contribution in [0.5, 0.6) is 0 Å². The first-order chi connectivity index (χ1) is 7.86. The maximum atomic E-state index is 3.47. The molecule has 0 radical (unpaired) electrons. The Bertz CT molecular complexity index is 240. The number of hydrogen-bond donors (Lipinski definition) is 0. The number of alkyl halides is 2. The second-order valence-electron chi connectivity index (χ2n) is 4.11. The summed E-state index contributed by atoms with van der Waals surface area (Å²) in [6.45, 7) is 0. The summed E-state index contributed by atoms with van der Waals surface area (Å²) >= 11 is 5.92. The van der Waals surface area contributed by atoms with Crippen molar-refractivity contribution in [1.82, 2.24) is 0 Å². The molecule has 0 unspecified atom stereocenters. The van der Waals surface area contributed by atoms with Gasteiger partial charge in [0, 0.05) is 5.33 Å². The van der Waals surface area contributed by atoms with Gasteiger partial charge >= 0.3 is 0 Å². The normalized spacial score (nSPS) is 10.6.